The predicted octanol–water partition coefficient (Wildman–Crippen LogP) is 1.94. The van der Waals surface area contributed by atoms with E-state index in [1.165, 1.54) is 10.1 Å². The fourth-order valence-electron chi connectivity index (χ4n) is 1.32. The van der Waals surface area contributed by atoms with Crippen LogP contribution < -0.4 is 0 Å². The molecule has 0 aliphatic rings. The number of aromatic nitrogens is 3. The Kier molecular flexibility index (Phi) is 1.04. The van der Waals surface area contributed by atoms with Crippen LogP contribution in [0.5, 0.6) is 0 Å². The Labute approximate surface area is 72.4 Å². The van der Waals surface area contributed by atoms with Gasteiger partial charge in [0.25, 0.3) is 0 Å². The summed E-state index contributed by atoms with van der Waals surface area (Å²) in [6.45, 7) is 0. The van der Waals surface area contributed by atoms with Crippen molar-refractivity contribution in [2.24, 2.45) is 0 Å². The van der Waals surface area contributed by atoms with Gasteiger partial charge in [0.1, 0.15) is 5.52 Å². The summed E-state index contributed by atoms with van der Waals surface area (Å²) < 4.78 is 3.09. The van der Waals surface area contributed by atoms with E-state index in [0.717, 1.165) is 5.52 Å². The van der Waals surface area contributed by atoms with Gasteiger partial charge in [0.05, 0.1) is 10.9 Å². The van der Waals surface area contributed by atoms with Crippen LogP contribution in [0.4, 0.5) is 0 Å². The first-order valence-electron chi connectivity index (χ1n) is 3.63. The fourth-order valence-corrected chi connectivity index (χ4v) is 2.24. The highest BCUT2D eigenvalue weighted by molar-refractivity contribution is 7.14. The van der Waals surface area contributed by atoms with E-state index in [1.54, 1.807) is 17.7 Å². The molecule has 0 spiro atoms. The second-order valence-corrected chi connectivity index (χ2v) is 3.55. The van der Waals surface area contributed by atoms with Crippen molar-refractivity contribution in [2.45, 2.75) is 0 Å². The Balaban J connectivity index is 2.68. The average Bonchev–Trinajstić information content (AvgIpc) is 2.62. The van der Waals surface area contributed by atoms with Gasteiger partial charge in [-0.25, -0.2) is 0 Å². The normalized spacial score (nSPS) is 11.3. The lowest BCUT2D eigenvalue weighted by atomic mass is 10.2. The molecule has 1 aromatic carbocycles. The maximum absolute atomic E-state index is 3.94. The van der Waals surface area contributed by atoms with Crippen LogP contribution in [0, 0.1) is 0 Å². The molecule has 0 fully saturated rings. The quantitative estimate of drug-likeness (QED) is 0.522. The van der Waals surface area contributed by atoms with Gasteiger partial charge >= 0.3 is 0 Å². The van der Waals surface area contributed by atoms with Crippen LogP contribution in [0.25, 0.3) is 15.6 Å². The molecule has 0 unspecified atom stereocenters. The molecule has 0 saturated carbocycles. The topological polar surface area (TPSA) is 30.2 Å². The second-order valence-electron chi connectivity index (χ2n) is 2.58. The van der Waals surface area contributed by atoms with Crippen molar-refractivity contribution in [3.05, 3.63) is 30.5 Å². The van der Waals surface area contributed by atoms with Gasteiger partial charge in [0, 0.05) is 5.39 Å². The molecule has 3 nitrogen and oxygen atoms in total. The first-order chi connectivity index (χ1) is 5.95. The summed E-state index contributed by atoms with van der Waals surface area (Å²) in [7, 11) is 0. The average molecular weight is 175 g/mol. The third kappa shape index (κ3) is 0.648. The summed E-state index contributed by atoms with van der Waals surface area (Å²) in [6, 6.07) is 8.24. The van der Waals surface area contributed by atoms with E-state index >= 15 is 0 Å². The Morgan fingerprint density at radius 3 is 3.17 bits per heavy atom. The minimum atomic E-state index is 1.09. The molecule has 4 heteroatoms. The molecule has 0 aliphatic heterocycles. The van der Waals surface area contributed by atoms with E-state index in [0.29, 0.717) is 0 Å². The molecule has 3 rings (SSSR count). The Morgan fingerprint density at radius 1 is 1.25 bits per heavy atom. The van der Waals surface area contributed by atoms with Crippen molar-refractivity contribution in [3.8, 4) is 0 Å². The molecule has 0 amide bonds. The monoisotopic (exact) mass is 175 g/mol. The van der Waals surface area contributed by atoms with Crippen molar-refractivity contribution >= 4 is 27.1 Å². The minimum absolute atomic E-state index is 1.09. The molecule has 2 aromatic heterocycles. The second kappa shape index (κ2) is 2.04. The van der Waals surface area contributed by atoms with Crippen LogP contribution in [0.2, 0.25) is 0 Å². The van der Waals surface area contributed by atoms with Crippen molar-refractivity contribution in [3.63, 3.8) is 0 Å². The summed E-state index contributed by atoms with van der Waals surface area (Å²) in [4.78, 5) is 0. The highest BCUT2D eigenvalue weighted by Gasteiger charge is 2.03. The van der Waals surface area contributed by atoms with E-state index in [9.17, 15) is 0 Å². The summed E-state index contributed by atoms with van der Waals surface area (Å²) in [5, 5.41) is 9.01. The third-order valence-corrected chi connectivity index (χ3v) is 2.86. The van der Waals surface area contributed by atoms with Crippen LogP contribution in [-0.4, -0.2) is 14.2 Å². The maximum Gasteiger partial charge on any atom is 0.107 e. The molecule has 0 bridgehead atoms. The molecule has 0 atom stereocenters. The Morgan fingerprint density at radius 2 is 2.17 bits per heavy atom. The highest BCUT2D eigenvalue weighted by Crippen LogP contribution is 2.24. The van der Waals surface area contributed by atoms with Gasteiger partial charge in [-0.2, -0.15) is 3.90 Å². The standard InChI is InChI=1S/C8H5N3S/c1-2-4-8-6(3-1)7-5-9-10-11(7)12-8/h1-5H. The molecule has 0 saturated heterocycles. The Hall–Kier alpha value is -1.42. The molecule has 58 valence electrons. The van der Waals surface area contributed by atoms with E-state index in [4.69, 9.17) is 0 Å². The van der Waals surface area contributed by atoms with Crippen molar-refractivity contribution in [2.75, 3.05) is 0 Å². The number of benzene rings is 1. The number of hydrogen-bond donors (Lipinski definition) is 0. The summed E-state index contributed by atoms with van der Waals surface area (Å²) in [5.41, 5.74) is 1.09. The molecule has 3 aromatic rings. The van der Waals surface area contributed by atoms with Crippen LogP contribution in [0.15, 0.2) is 30.5 Å². The van der Waals surface area contributed by atoms with Crippen LogP contribution >= 0.6 is 11.5 Å². The lowest BCUT2D eigenvalue weighted by Crippen LogP contribution is -1.73. The number of rotatable bonds is 0. The minimum Gasteiger partial charge on any atom is -0.165 e. The number of fused-ring (bicyclic) bond motifs is 3. The maximum atomic E-state index is 3.94. The van der Waals surface area contributed by atoms with E-state index in [1.807, 2.05) is 16.0 Å². The first kappa shape index (κ1) is 6.14. The van der Waals surface area contributed by atoms with Gasteiger partial charge in [-0.3, -0.25) is 0 Å². The lowest BCUT2D eigenvalue weighted by Gasteiger charge is -1.82. The molecule has 0 aliphatic carbocycles. The van der Waals surface area contributed by atoms with Gasteiger partial charge in [-0.15, -0.1) is 5.10 Å². The third-order valence-electron chi connectivity index (χ3n) is 1.87. The predicted molar refractivity (Wildman–Crippen MR) is 48.4 cm³/mol. The van der Waals surface area contributed by atoms with Gasteiger partial charge < -0.3 is 0 Å². The highest BCUT2D eigenvalue weighted by atomic mass is 32.1. The summed E-state index contributed by atoms with van der Waals surface area (Å²) in [6.07, 6.45) is 1.79. The molecule has 2 heterocycles. The van der Waals surface area contributed by atoms with E-state index in [2.05, 4.69) is 22.4 Å². The summed E-state index contributed by atoms with van der Waals surface area (Å²) in [5.74, 6) is 0. The van der Waals surface area contributed by atoms with Crippen LogP contribution in [0.1, 0.15) is 0 Å². The molecular formula is C8H5N3S. The SMILES string of the molecule is c1ccc2c(c1)sn1nncc21. The number of nitrogens with zero attached hydrogens (tertiary/aromatic N) is 3. The Bertz CT molecular complexity index is 536. The first-order valence-corrected chi connectivity index (χ1v) is 4.41. The van der Waals surface area contributed by atoms with E-state index in [-0.39, 0.29) is 0 Å². The molecule has 0 N–H and O–H groups in total. The zero-order chi connectivity index (χ0) is 7.97. The lowest BCUT2D eigenvalue weighted by molar-refractivity contribution is 0.918. The van der Waals surface area contributed by atoms with Crippen molar-refractivity contribution in [1.29, 1.82) is 0 Å². The number of hydrogen-bond acceptors (Lipinski definition) is 3. The molecular weight excluding hydrogens is 170 g/mol. The van der Waals surface area contributed by atoms with Crippen molar-refractivity contribution in [1.82, 2.24) is 14.2 Å². The smallest absolute Gasteiger partial charge is 0.107 e. The van der Waals surface area contributed by atoms with Gasteiger partial charge in [-0.05, 0) is 17.6 Å². The van der Waals surface area contributed by atoms with Crippen LogP contribution in [-0.2, 0) is 0 Å². The van der Waals surface area contributed by atoms with Gasteiger partial charge in [0.15, 0.2) is 0 Å². The zero-order valence-corrected chi connectivity index (χ0v) is 6.95. The zero-order valence-electron chi connectivity index (χ0n) is 6.14. The summed E-state index contributed by atoms with van der Waals surface area (Å²) >= 11 is 1.61. The van der Waals surface area contributed by atoms with E-state index < -0.39 is 0 Å². The molecule has 12 heavy (non-hydrogen) atoms. The fraction of sp³-hybridized carbons (Fsp3) is 0. The van der Waals surface area contributed by atoms with Crippen molar-refractivity contribution < 1.29 is 0 Å². The molecule has 0 radical (unpaired) electrons. The largest absolute Gasteiger partial charge is 0.165 e. The van der Waals surface area contributed by atoms with Crippen LogP contribution in [0.3, 0.4) is 0 Å². The van der Waals surface area contributed by atoms with Gasteiger partial charge in [0.2, 0.25) is 0 Å². The van der Waals surface area contributed by atoms with Gasteiger partial charge in [-0.1, -0.05) is 23.4 Å².